The highest BCUT2D eigenvalue weighted by molar-refractivity contribution is 7.07. The molecule has 7 heteroatoms. The quantitative estimate of drug-likeness (QED) is 0.543. The SMILES string of the molecule is CCOC(=O)C1=C(C)N=c2s/c(=C\c3cccc(OCC)c3)c(=O)n2[C@H]1c1ccccc1. The summed E-state index contributed by atoms with van der Waals surface area (Å²) in [5, 5.41) is 0. The first kappa shape index (κ1) is 21.8. The Morgan fingerprint density at radius 3 is 2.62 bits per heavy atom. The highest BCUT2D eigenvalue weighted by atomic mass is 32.1. The summed E-state index contributed by atoms with van der Waals surface area (Å²) in [5.74, 6) is 0.290. The largest absolute Gasteiger partial charge is 0.494 e. The van der Waals surface area contributed by atoms with Gasteiger partial charge in [-0.25, -0.2) is 9.79 Å². The van der Waals surface area contributed by atoms with Crippen molar-refractivity contribution in [1.82, 2.24) is 4.57 Å². The number of carbonyl (C=O) groups excluding carboxylic acids is 1. The van der Waals surface area contributed by atoms with E-state index < -0.39 is 12.0 Å². The molecule has 0 radical (unpaired) electrons. The van der Waals surface area contributed by atoms with Crippen LogP contribution in [-0.4, -0.2) is 23.8 Å². The molecule has 3 aromatic rings. The second-order valence-electron chi connectivity index (χ2n) is 7.22. The summed E-state index contributed by atoms with van der Waals surface area (Å²) in [5.41, 5.74) is 2.44. The van der Waals surface area contributed by atoms with Crippen LogP contribution in [0.1, 0.15) is 37.9 Å². The van der Waals surface area contributed by atoms with Gasteiger partial charge >= 0.3 is 5.97 Å². The van der Waals surface area contributed by atoms with Gasteiger partial charge in [0.2, 0.25) is 0 Å². The van der Waals surface area contributed by atoms with E-state index in [2.05, 4.69) is 4.99 Å². The zero-order valence-electron chi connectivity index (χ0n) is 18.2. The lowest BCUT2D eigenvalue weighted by Gasteiger charge is -2.24. The molecule has 6 nitrogen and oxygen atoms in total. The number of thiazole rings is 1. The molecular weight excluding hydrogens is 424 g/mol. The predicted octanol–water partition coefficient (Wildman–Crippen LogP) is 3.20. The van der Waals surface area contributed by atoms with Crippen molar-refractivity contribution >= 4 is 23.4 Å². The van der Waals surface area contributed by atoms with Gasteiger partial charge in [-0.2, -0.15) is 0 Å². The van der Waals surface area contributed by atoms with Gasteiger partial charge in [0, 0.05) is 0 Å². The third kappa shape index (κ3) is 4.16. The fraction of sp³-hybridized carbons (Fsp3) is 0.240. The number of carbonyl (C=O) groups is 1. The van der Waals surface area contributed by atoms with Crippen LogP contribution in [0.4, 0.5) is 0 Å². The molecule has 0 unspecified atom stereocenters. The molecular formula is C25H24N2O4S. The number of hydrogen-bond acceptors (Lipinski definition) is 6. The highest BCUT2D eigenvalue weighted by Gasteiger charge is 2.33. The van der Waals surface area contributed by atoms with E-state index in [1.165, 1.54) is 11.3 Å². The number of hydrogen-bond donors (Lipinski definition) is 0. The summed E-state index contributed by atoms with van der Waals surface area (Å²) in [6, 6.07) is 16.5. The normalized spacial score (nSPS) is 15.8. The number of allylic oxidation sites excluding steroid dienone is 1. The molecule has 0 aliphatic carbocycles. The number of esters is 1. The Bertz CT molecular complexity index is 1350. The Morgan fingerprint density at radius 2 is 1.91 bits per heavy atom. The van der Waals surface area contributed by atoms with Crippen LogP contribution in [-0.2, 0) is 9.53 Å². The summed E-state index contributed by atoms with van der Waals surface area (Å²) in [4.78, 5) is 31.5. The van der Waals surface area contributed by atoms with Crippen molar-refractivity contribution in [2.45, 2.75) is 26.8 Å². The standard InChI is InChI=1S/C25H24N2O4S/c1-4-30-19-13-9-10-17(14-19)15-20-23(28)27-22(18-11-7-6-8-12-18)21(24(29)31-5-2)16(3)26-25(27)32-20/h6-15,22H,4-5H2,1-3H3/b20-15-/t22-/m0/s1. The van der Waals surface area contributed by atoms with E-state index in [0.29, 0.717) is 27.2 Å². The zero-order chi connectivity index (χ0) is 22.7. The fourth-order valence-corrected chi connectivity index (χ4v) is 4.80. The monoisotopic (exact) mass is 448 g/mol. The second-order valence-corrected chi connectivity index (χ2v) is 8.23. The second kappa shape index (κ2) is 9.36. The number of aromatic nitrogens is 1. The minimum absolute atomic E-state index is 0.196. The molecule has 0 amide bonds. The van der Waals surface area contributed by atoms with E-state index in [1.54, 1.807) is 18.4 Å². The molecule has 0 fully saturated rings. The minimum atomic E-state index is -0.594. The van der Waals surface area contributed by atoms with Crippen LogP contribution in [0.5, 0.6) is 5.75 Å². The Kier molecular flexibility index (Phi) is 6.37. The van der Waals surface area contributed by atoms with Gasteiger partial charge in [0.05, 0.1) is 35.1 Å². The van der Waals surface area contributed by atoms with E-state index in [0.717, 1.165) is 16.9 Å². The minimum Gasteiger partial charge on any atom is -0.494 e. The van der Waals surface area contributed by atoms with E-state index in [1.807, 2.05) is 67.6 Å². The molecule has 4 rings (SSSR count). The van der Waals surface area contributed by atoms with Crippen molar-refractivity contribution in [2.75, 3.05) is 13.2 Å². The third-order valence-electron chi connectivity index (χ3n) is 5.10. The van der Waals surface area contributed by atoms with Gasteiger partial charge in [0.15, 0.2) is 4.80 Å². The van der Waals surface area contributed by atoms with E-state index in [4.69, 9.17) is 9.47 Å². The van der Waals surface area contributed by atoms with E-state index >= 15 is 0 Å². The smallest absolute Gasteiger partial charge is 0.338 e. The lowest BCUT2D eigenvalue weighted by atomic mass is 9.96. The van der Waals surface area contributed by atoms with Gasteiger partial charge in [0.1, 0.15) is 5.75 Å². The molecule has 164 valence electrons. The summed E-state index contributed by atoms with van der Waals surface area (Å²) in [6.07, 6.45) is 1.83. The summed E-state index contributed by atoms with van der Waals surface area (Å²) in [7, 11) is 0. The van der Waals surface area contributed by atoms with Gasteiger partial charge in [-0.3, -0.25) is 9.36 Å². The van der Waals surface area contributed by atoms with E-state index in [9.17, 15) is 9.59 Å². The molecule has 1 aliphatic rings. The predicted molar refractivity (Wildman–Crippen MR) is 124 cm³/mol. The van der Waals surface area contributed by atoms with Crippen molar-refractivity contribution in [1.29, 1.82) is 0 Å². The highest BCUT2D eigenvalue weighted by Crippen LogP contribution is 2.30. The Balaban J connectivity index is 1.91. The van der Waals surface area contributed by atoms with Crippen LogP contribution in [0.15, 0.2) is 75.7 Å². The summed E-state index contributed by atoms with van der Waals surface area (Å²) in [6.45, 7) is 6.29. The van der Waals surface area contributed by atoms with Gasteiger partial charge in [0.25, 0.3) is 5.56 Å². The molecule has 0 spiro atoms. The molecule has 0 saturated heterocycles. The van der Waals surface area contributed by atoms with Crippen molar-refractivity contribution in [3.05, 3.63) is 96.7 Å². The van der Waals surface area contributed by atoms with Crippen LogP contribution in [0, 0.1) is 0 Å². The number of nitrogens with zero attached hydrogens (tertiary/aromatic N) is 2. The van der Waals surface area contributed by atoms with Crippen LogP contribution < -0.4 is 19.6 Å². The van der Waals surface area contributed by atoms with Gasteiger partial charge in [-0.15, -0.1) is 0 Å². The molecule has 32 heavy (non-hydrogen) atoms. The first-order valence-electron chi connectivity index (χ1n) is 10.5. The van der Waals surface area contributed by atoms with Crippen LogP contribution in [0.2, 0.25) is 0 Å². The van der Waals surface area contributed by atoms with Crippen molar-refractivity contribution < 1.29 is 14.3 Å². The molecule has 2 heterocycles. The average Bonchev–Trinajstić information content (AvgIpc) is 3.08. The fourth-order valence-electron chi connectivity index (χ4n) is 3.75. The zero-order valence-corrected chi connectivity index (χ0v) is 19.0. The Hall–Kier alpha value is -3.45. The number of fused-ring (bicyclic) bond motifs is 1. The van der Waals surface area contributed by atoms with Crippen LogP contribution >= 0.6 is 11.3 Å². The molecule has 1 aromatic heterocycles. The summed E-state index contributed by atoms with van der Waals surface area (Å²) < 4.78 is 13.0. The average molecular weight is 449 g/mol. The number of benzene rings is 2. The molecule has 1 atom stereocenters. The molecule has 1 aliphatic heterocycles. The number of rotatable bonds is 6. The van der Waals surface area contributed by atoms with Gasteiger partial charge in [-0.1, -0.05) is 53.8 Å². The molecule has 0 saturated carbocycles. The maximum absolute atomic E-state index is 13.5. The Morgan fingerprint density at radius 1 is 1.12 bits per heavy atom. The van der Waals surface area contributed by atoms with Crippen LogP contribution in [0.25, 0.3) is 6.08 Å². The summed E-state index contributed by atoms with van der Waals surface area (Å²) >= 11 is 1.31. The van der Waals surface area contributed by atoms with Crippen molar-refractivity contribution in [2.24, 2.45) is 4.99 Å². The first-order chi connectivity index (χ1) is 15.5. The van der Waals surface area contributed by atoms with Crippen molar-refractivity contribution in [3.63, 3.8) is 0 Å². The molecule has 2 aromatic carbocycles. The molecule has 0 N–H and O–H groups in total. The maximum atomic E-state index is 13.5. The third-order valence-corrected chi connectivity index (χ3v) is 6.08. The molecule has 0 bridgehead atoms. The number of ether oxygens (including phenoxy) is 2. The van der Waals surface area contributed by atoms with E-state index in [-0.39, 0.29) is 12.2 Å². The Labute approximate surface area is 189 Å². The lowest BCUT2D eigenvalue weighted by Crippen LogP contribution is -2.39. The van der Waals surface area contributed by atoms with Crippen molar-refractivity contribution in [3.8, 4) is 5.75 Å². The van der Waals surface area contributed by atoms with Gasteiger partial charge < -0.3 is 9.47 Å². The topological polar surface area (TPSA) is 69.9 Å². The first-order valence-corrected chi connectivity index (χ1v) is 11.3. The lowest BCUT2D eigenvalue weighted by molar-refractivity contribution is -0.139. The van der Waals surface area contributed by atoms with Crippen LogP contribution in [0.3, 0.4) is 0 Å². The maximum Gasteiger partial charge on any atom is 0.338 e. The van der Waals surface area contributed by atoms with Gasteiger partial charge in [-0.05, 0) is 50.1 Å².